The molecule has 0 saturated heterocycles. The second-order valence-electron chi connectivity index (χ2n) is 6.37. The second-order valence-corrected chi connectivity index (χ2v) is 9.74. The molecular weight excluding hydrogens is 423 g/mol. The fourth-order valence-electron chi connectivity index (χ4n) is 3.31. The minimum atomic E-state index is -4.94. The molecule has 0 fully saturated rings. The Kier molecular flexibility index (Phi) is 5.70. The molecule has 0 saturated carbocycles. The third kappa shape index (κ3) is 3.87. The van der Waals surface area contributed by atoms with E-state index in [9.17, 15) is 16.7 Å². The average Bonchev–Trinajstić information content (AvgIpc) is 2.93. The number of carbonyl (C=O) groups excluding carboxylic acids is 1. The molecule has 0 aliphatic carbocycles. The number of ether oxygens (including phenoxy) is 1. The van der Waals surface area contributed by atoms with Crippen LogP contribution in [0.4, 0.5) is 5.69 Å². The maximum atomic E-state index is 13.0. The predicted octanol–water partition coefficient (Wildman–Crippen LogP) is 2.18. The average molecular weight is 446 g/mol. The summed E-state index contributed by atoms with van der Waals surface area (Å²) in [6, 6.07) is 11.4. The molecular formula is C20H23AsN2O5. The molecule has 0 aliphatic rings. The van der Waals surface area contributed by atoms with Crippen LogP contribution in [0.5, 0.6) is 5.75 Å². The summed E-state index contributed by atoms with van der Waals surface area (Å²) in [7, 11) is 0. The van der Waals surface area contributed by atoms with Crippen LogP contribution in [-0.2, 0) is 10.3 Å². The summed E-state index contributed by atoms with van der Waals surface area (Å²) in [5, 5.41) is 3.77. The van der Waals surface area contributed by atoms with Crippen LogP contribution in [-0.4, -0.2) is 39.4 Å². The molecule has 3 aromatic rings. The number of amides is 1. The standard InChI is InChI=1S/C20H23AsN2O5/c1-4-23-18-11-10-16(28-5-2)12-17(18)13(3)19(23)20(24)22-15-8-6-14(7-9-15)21(25,26)27/h6-12H,4-5H2,1-3H3,(H,22,24)(H2,25,26,27). The van der Waals surface area contributed by atoms with Crippen LogP contribution >= 0.6 is 0 Å². The number of nitrogens with zero attached hydrogens (tertiary/aromatic N) is 1. The number of hydrogen-bond acceptors (Lipinski definition) is 3. The van der Waals surface area contributed by atoms with Gasteiger partial charge in [-0.25, -0.2) is 0 Å². The summed E-state index contributed by atoms with van der Waals surface area (Å²) in [4.78, 5) is 13.0. The molecule has 0 bridgehead atoms. The predicted molar refractivity (Wildman–Crippen MR) is 108 cm³/mol. The van der Waals surface area contributed by atoms with Crippen molar-refractivity contribution in [1.82, 2.24) is 4.57 Å². The van der Waals surface area contributed by atoms with Crippen molar-refractivity contribution >= 4 is 41.0 Å². The van der Waals surface area contributed by atoms with Crippen LogP contribution < -0.4 is 14.4 Å². The number of aromatic nitrogens is 1. The maximum absolute atomic E-state index is 13.0. The molecule has 3 N–H and O–H groups in total. The van der Waals surface area contributed by atoms with Gasteiger partial charge in [0.15, 0.2) is 0 Å². The summed E-state index contributed by atoms with van der Waals surface area (Å²) in [6.45, 7) is 6.99. The van der Waals surface area contributed by atoms with Crippen LogP contribution in [0.2, 0.25) is 0 Å². The van der Waals surface area contributed by atoms with Gasteiger partial charge in [-0.15, -0.1) is 0 Å². The van der Waals surface area contributed by atoms with Gasteiger partial charge < -0.3 is 0 Å². The Balaban J connectivity index is 1.96. The Morgan fingerprint density at radius 3 is 2.39 bits per heavy atom. The monoisotopic (exact) mass is 446 g/mol. The second kappa shape index (κ2) is 7.87. The number of nitrogens with one attached hydrogen (secondary N) is 1. The molecule has 0 unspecified atom stereocenters. The number of benzene rings is 2. The van der Waals surface area contributed by atoms with Gasteiger partial charge in [-0.1, -0.05) is 0 Å². The molecule has 2 aromatic carbocycles. The van der Waals surface area contributed by atoms with Gasteiger partial charge in [0, 0.05) is 0 Å². The fraction of sp³-hybridized carbons (Fsp3) is 0.250. The fourth-order valence-corrected chi connectivity index (χ4v) is 4.44. The summed E-state index contributed by atoms with van der Waals surface area (Å²) in [5.74, 6) is 0.482. The Hall–Kier alpha value is -2.47. The van der Waals surface area contributed by atoms with E-state index in [0.717, 1.165) is 22.2 Å². The zero-order valence-electron chi connectivity index (χ0n) is 16.0. The Morgan fingerprint density at radius 2 is 1.82 bits per heavy atom. The van der Waals surface area contributed by atoms with E-state index < -0.39 is 14.2 Å². The van der Waals surface area contributed by atoms with E-state index in [1.165, 1.54) is 24.3 Å². The summed E-state index contributed by atoms with van der Waals surface area (Å²) < 4.78 is 37.3. The van der Waals surface area contributed by atoms with Crippen molar-refractivity contribution in [2.45, 2.75) is 27.3 Å². The van der Waals surface area contributed by atoms with E-state index >= 15 is 0 Å². The number of anilines is 1. The van der Waals surface area contributed by atoms with Crippen LogP contribution in [0.1, 0.15) is 29.9 Å². The molecule has 1 heterocycles. The van der Waals surface area contributed by atoms with E-state index in [4.69, 9.17) is 4.74 Å². The molecule has 0 atom stereocenters. The number of fused-ring (bicyclic) bond motifs is 1. The van der Waals surface area contributed by atoms with E-state index in [1.807, 2.05) is 43.5 Å². The van der Waals surface area contributed by atoms with E-state index in [-0.39, 0.29) is 10.3 Å². The zero-order valence-corrected chi connectivity index (χ0v) is 17.8. The van der Waals surface area contributed by atoms with Crippen LogP contribution in [0.15, 0.2) is 42.5 Å². The van der Waals surface area contributed by atoms with E-state index in [2.05, 4.69) is 5.32 Å². The topological polar surface area (TPSA) is 101 Å². The molecule has 3 rings (SSSR count). The van der Waals surface area contributed by atoms with Gasteiger partial charge in [-0.2, -0.15) is 0 Å². The molecule has 28 heavy (non-hydrogen) atoms. The first kappa shape index (κ1) is 20.3. The summed E-state index contributed by atoms with van der Waals surface area (Å²) in [5.41, 5.74) is 2.83. The van der Waals surface area contributed by atoms with Crippen molar-refractivity contribution in [2.24, 2.45) is 0 Å². The molecule has 148 valence electrons. The van der Waals surface area contributed by atoms with Gasteiger partial charge in [-0.05, 0) is 6.92 Å². The van der Waals surface area contributed by atoms with Gasteiger partial charge >= 0.3 is 152 Å². The molecule has 0 radical (unpaired) electrons. The third-order valence-corrected chi connectivity index (χ3v) is 6.63. The first-order chi connectivity index (χ1) is 13.3. The van der Waals surface area contributed by atoms with Gasteiger partial charge in [-0.3, -0.25) is 0 Å². The van der Waals surface area contributed by atoms with Gasteiger partial charge in [0.25, 0.3) is 0 Å². The minimum absolute atomic E-state index is 0.0292. The molecule has 1 amide bonds. The quantitative estimate of drug-likeness (QED) is 0.504. The number of carbonyl (C=O) groups is 1. The van der Waals surface area contributed by atoms with Gasteiger partial charge in [0.1, 0.15) is 0 Å². The SMILES string of the molecule is CCOc1ccc2c(c1)c(C)c(C(=O)Nc1ccc([As](=O)(O)O)cc1)n2CC. The molecule has 8 heteroatoms. The van der Waals surface area contributed by atoms with Crippen LogP contribution in [0.25, 0.3) is 10.9 Å². The van der Waals surface area contributed by atoms with E-state index in [0.29, 0.717) is 24.5 Å². The third-order valence-electron chi connectivity index (χ3n) is 4.59. The molecule has 0 spiro atoms. The Bertz CT molecular complexity index is 1070. The van der Waals surface area contributed by atoms with Crippen molar-refractivity contribution in [1.29, 1.82) is 0 Å². The normalized spacial score (nSPS) is 11.6. The van der Waals surface area contributed by atoms with Gasteiger partial charge in [0.2, 0.25) is 0 Å². The van der Waals surface area contributed by atoms with Crippen LogP contribution in [0, 0.1) is 6.92 Å². The molecule has 1 aromatic heterocycles. The first-order valence-corrected chi connectivity index (χ1v) is 12.4. The van der Waals surface area contributed by atoms with Crippen molar-refractivity contribution in [3.05, 3.63) is 53.7 Å². The number of rotatable bonds is 6. The van der Waals surface area contributed by atoms with Crippen molar-refractivity contribution in [2.75, 3.05) is 11.9 Å². The Morgan fingerprint density at radius 1 is 1.14 bits per heavy atom. The van der Waals surface area contributed by atoms with Crippen LogP contribution in [0.3, 0.4) is 0 Å². The van der Waals surface area contributed by atoms with Gasteiger partial charge in [0.05, 0.1) is 6.61 Å². The van der Waals surface area contributed by atoms with Crippen molar-refractivity contribution in [3.63, 3.8) is 0 Å². The Labute approximate surface area is 165 Å². The van der Waals surface area contributed by atoms with Crippen molar-refractivity contribution < 1.29 is 21.5 Å². The summed E-state index contributed by atoms with van der Waals surface area (Å²) >= 11 is -4.94. The first-order valence-electron chi connectivity index (χ1n) is 8.99. The zero-order chi connectivity index (χ0) is 20.5. The van der Waals surface area contributed by atoms with E-state index in [1.54, 1.807) is 0 Å². The summed E-state index contributed by atoms with van der Waals surface area (Å²) in [6.07, 6.45) is 0. The number of aryl methyl sites for hydroxylation is 2. The molecule has 7 nitrogen and oxygen atoms in total. The van der Waals surface area contributed by atoms with Crippen molar-refractivity contribution in [3.8, 4) is 5.75 Å². The molecule has 0 aliphatic heterocycles. The number of hydrogen-bond donors (Lipinski definition) is 3.